The smallest absolute Gasteiger partial charge is 0.333 e. The largest absolute Gasteiger partial charge is 0.481 e. The highest BCUT2D eigenvalue weighted by Crippen LogP contribution is 2.41. The zero-order valence-electron chi connectivity index (χ0n) is 57.1. The van der Waals surface area contributed by atoms with E-state index in [0.717, 1.165) is 32.3 Å². The molecule has 30 heteroatoms. The number of nitrogens with one attached hydrogen (secondary N) is 2. The quantitative estimate of drug-likeness (QED) is 0.0173. The van der Waals surface area contributed by atoms with Gasteiger partial charge in [-0.2, -0.15) is 23.5 Å². The maximum Gasteiger partial charge on any atom is 0.333 e. The van der Waals surface area contributed by atoms with Crippen LogP contribution in [0.2, 0.25) is 0 Å². The Bertz CT molecular complexity index is 2480. The number of imide groups is 2. The molecule has 1 saturated carbocycles. The molecule has 0 radical (unpaired) electrons. The number of carbonyl (C=O) groups excluding carboxylic acids is 11. The fourth-order valence-electron chi connectivity index (χ4n) is 7.81. The van der Waals surface area contributed by atoms with Crippen LogP contribution in [-0.2, 0) is 100 Å². The van der Waals surface area contributed by atoms with Crippen LogP contribution in [0.5, 0.6) is 0 Å². The third-order valence-corrected chi connectivity index (χ3v) is 16.8. The number of carboxylic acids is 3. The number of hydrogen-bond donors (Lipinski definition) is 5. The number of hydroxylamine groups is 4. The number of amides is 5. The third-order valence-electron chi connectivity index (χ3n) is 13.6. The highest BCUT2D eigenvalue weighted by molar-refractivity contribution is 8.04. The van der Waals surface area contributed by atoms with E-state index in [1.807, 2.05) is 69.2 Å². The zero-order valence-corrected chi connectivity index (χ0v) is 58.7. The molecule has 4 atom stereocenters. The number of ether oxygens (including phenoxy) is 5. The number of unbranched alkanes of at least 4 members (excludes halogenated alkanes) is 1. The maximum absolute atomic E-state index is 12.2. The lowest BCUT2D eigenvalue weighted by Crippen LogP contribution is -2.49. The van der Waals surface area contributed by atoms with Gasteiger partial charge in [0.1, 0.15) is 23.5 Å². The number of nitrogens with zero attached hydrogens (tertiary/aromatic N) is 2. The van der Waals surface area contributed by atoms with Gasteiger partial charge >= 0.3 is 47.8 Å². The molecule has 2 heterocycles. The number of carbonyl (C=O) groups is 14. The number of Topliss-reactive ketones (excluding diaryl/α,β-unsaturated/α-hetero) is 1. The molecule has 4 unspecified atom stereocenters. The first-order valence-corrected chi connectivity index (χ1v) is 33.6. The summed E-state index contributed by atoms with van der Waals surface area (Å²) < 4.78 is 27.3. The molecule has 5 amide bonds. The van der Waals surface area contributed by atoms with Crippen LogP contribution < -0.4 is 10.6 Å². The second-order valence-corrected chi connectivity index (χ2v) is 28.3. The predicted octanol–water partition coefficient (Wildman–Crippen LogP) is 7.40. The summed E-state index contributed by atoms with van der Waals surface area (Å²) in [5, 5.41) is 34.0. The molecule has 5 N–H and O–H groups in total. The average molecular weight is 1370 g/mol. The average Bonchev–Trinajstić information content (AvgIpc) is 1.39. The van der Waals surface area contributed by atoms with E-state index < -0.39 is 100 Å². The Balaban J connectivity index is 0.00000143. The molecular weight excluding hydrogens is 1260 g/mol. The second-order valence-electron chi connectivity index (χ2n) is 25.7. The van der Waals surface area contributed by atoms with E-state index in [9.17, 15) is 77.3 Å². The summed E-state index contributed by atoms with van der Waals surface area (Å²) in [6.07, 6.45) is 3.66. The second kappa shape index (κ2) is 43.0. The number of ketones is 1. The van der Waals surface area contributed by atoms with E-state index >= 15 is 0 Å². The van der Waals surface area contributed by atoms with Crippen molar-refractivity contribution in [3.05, 3.63) is 0 Å². The molecule has 1 aliphatic carbocycles. The Hall–Kier alpha value is -6.24. The van der Waals surface area contributed by atoms with Crippen molar-refractivity contribution in [3.8, 4) is 0 Å². The molecule has 0 aromatic carbocycles. The molecule has 28 nitrogen and oxygen atoms in total. The van der Waals surface area contributed by atoms with Crippen molar-refractivity contribution in [2.75, 3.05) is 37.9 Å². The van der Waals surface area contributed by atoms with Gasteiger partial charge in [0, 0.05) is 97.4 Å². The standard InChI is InChI=1S/C26H36N2O13.C18H30N2O7S2.C17H32O4.C2H6/c1-25(2,13-15-37-21(33)9-11-23(35)40-27-17(29)5-6-18(27)30)38-16-14-26(3,4)39-22(34)10-12-24(36)41-28-19(31)7-8-20(28)32;1-18(2,3)20-11(17(26)27)9-29-13-5-4-12(13)28-8-10(16(24)25)19-14(21)6-7-15(22)23;1-7-8-12-21-17(5,6)11-13-20-15(19)10-9-14(18)16(2,3)4;1-2/h5-16H2,1-4H3;10-13,20H,4-9H2,1-3H3,(H,19,21)(H,22,23)(H,24,25)(H,26,27);7-13H2,1-6H3;1-2H3. The Labute approximate surface area is 555 Å². The molecule has 2 saturated heterocycles. The molecule has 3 fully saturated rings. The summed E-state index contributed by atoms with van der Waals surface area (Å²) in [5.74, 6) is -8.95. The molecule has 0 aromatic heterocycles. The lowest BCUT2D eigenvalue weighted by Gasteiger charge is -2.37. The number of esters is 3. The normalized spacial score (nSPS) is 16.3. The minimum Gasteiger partial charge on any atom is -0.481 e. The molecule has 532 valence electrons. The van der Waals surface area contributed by atoms with Gasteiger partial charge in [-0.25, -0.2) is 14.4 Å². The van der Waals surface area contributed by atoms with E-state index in [4.69, 9.17) is 33.6 Å². The van der Waals surface area contributed by atoms with Gasteiger partial charge in [-0.1, -0.05) is 48.0 Å². The van der Waals surface area contributed by atoms with E-state index in [0.29, 0.717) is 41.7 Å². The number of thioether (sulfide) groups is 2. The van der Waals surface area contributed by atoms with Crippen molar-refractivity contribution in [3.63, 3.8) is 0 Å². The van der Waals surface area contributed by atoms with Crippen molar-refractivity contribution in [1.82, 2.24) is 20.8 Å². The van der Waals surface area contributed by atoms with E-state index in [1.54, 1.807) is 39.5 Å². The summed E-state index contributed by atoms with van der Waals surface area (Å²) in [7, 11) is 0. The summed E-state index contributed by atoms with van der Waals surface area (Å²) in [6, 6.07) is -1.74. The molecule has 3 rings (SSSR count). The molecule has 2 aliphatic heterocycles. The summed E-state index contributed by atoms with van der Waals surface area (Å²) >= 11 is 3.02. The van der Waals surface area contributed by atoms with Crippen LogP contribution in [0, 0.1) is 5.41 Å². The summed E-state index contributed by atoms with van der Waals surface area (Å²) in [5.41, 5.74) is -2.62. The molecule has 0 aromatic rings. The monoisotopic (exact) mass is 1360 g/mol. The summed E-state index contributed by atoms with van der Waals surface area (Å²) in [4.78, 5) is 171. The summed E-state index contributed by atoms with van der Waals surface area (Å²) in [6.45, 7) is 29.6. The van der Waals surface area contributed by atoms with Crippen LogP contribution in [0.4, 0.5) is 0 Å². The highest BCUT2D eigenvalue weighted by Gasteiger charge is 2.37. The molecular formula is C63H104N4O24S2. The van der Waals surface area contributed by atoms with Gasteiger partial charge in [0.2, 0.25) is 5.91 Å². The SMILES string of the molecule is CC.CC(C)(C)NC(CSC1CCC1SCC(NC(=O)CCC(=O)O)C(=O)O)C(=O)O.CC(C)(CCOC(=O)CCC(=O)ON1C(=O)CCC1=O)OCCC(C)(C)OC(=O)CCC(=O)ON1C(=O)CCC1=O.CCCCOC(C)(C)CCOC(=O)CCC(=O)C(C)(C)C. The van der Waals surface area contributed by atoms with Gasteiger partial charge in [-0.15, -0.1) is 10.1 Å². The van der Waals surface area contributed by atoms with Crippen LogP contribution in [0.15, 0.2) is 0 Å². The number of hydrogen-bond acceptors (Lipinski definition) is 24. The lowest BCUT2D eigenvalue weighted by atomic mass is 9.88. The van der Waals surface area contributed by atoms with Gasteiger partial charge in [0.25, 0.3) is 23.6 Å². The van der Waals surface area contributed by atoms with Crippen LogP contribution in [0.3, 0.4) is 0 Å². The third kappa shape index (κ3) is 39.9. The topological polar surface area (TPSA) is 395 Å². The van der Waals surface area contributed by atoms with Gasteiger partial charge in [-0.3, -0.25) is 58.1 Å². The first kappa shape index (κ1) is 86.8. The molecule has 0 spiro atoms. The van der Waals surface area contributed by atoms with Gasteiger partial charge in [0.15, 0.2) is 0 Å². The molecule has 93 heavy (non-hydrogen) atoms. The highest BCUT2D eigenvalue weighted by atomic mass is 32.2. The maximum atomic E-state index is 12.2. The minimum absolute atomic E-state index is 0.00702. The minimum atomic E-state index is -1.16. The van der Waals surface area contributed by atoms with Gasteiger partial charge in [-0.05, 0) is 81.6 Å². The van der Waals surface area contributed by atoms with Gasteiger partial charge < -0.3 is 54.0 Å². The molecule has 3 aliphatic rings. The van der Waals surface area contributed by atoms with E-state index in [-0.39, 0.29) is 129 Å². The van der Waals surface area contributed by atoms with Crippen LogP contribution in [-0.4, -0.2) is 191 Å². The Morgan fingerprint density at radius 3 is 1.28 bits per heavy atom. The Morgan fingerprint density at radius 1 is 0.505 bits per heavy atom. The number of carboxylic acid groups (broad SMARTS) is 3. The van der Waals surface area contributed by atoms with Crippen LogP contribution >= 0.6 is 23.5 Å². The predicted molar refractivity (Wildman–Crippen MR) is 341 cm³/mol. The van der Waals surface area contributed by atoms with Crippen molar-refractivity contribution < 1.29 is 116 Å². The van der Waals surface area contributed by atoms with E-state index in [1.165, 1.54) is 11.8 Å². The van der Waals surface area contributed by atoms with E-state index in [2.05, 4.69) is 22.4 Å². The first-order chi connectivity index (χ1) is 43.0. The zero-order chi connectivity index (χ0) is 71.5. The van der Waals surface area contributed by atoms with Crippen molar-refractivity contribution in [2.24, 2.45) is 5.41 Å². The van der Waals surface area contributed by atoms with Crippen LogP contribution in [0.25, 0.3) is 0 Å². The van der Waals surface area contributed by atoms with Crippen LogP contribution in [0.1, 0.15) is 226 Å². The van der Waals surface area contributed by atoms with Gasteiger partial charge in [0.05, 0.1) is 69.5 Å². The Kier molecular flexibility index (Phi) is 40.1. The van der Waals surface area contributed by atoms with Crippen molar-refractivity contribution in [2.45, 2.75) is 271 Å². The number of rotatable bonds is 39. The number of aliphatic carboxylic acids is 3. The lowest BCUT2D eigenvalue weighted by molar-refractivity contribution is -0.198. The molecule has 0 bridgehead atoms. The fraction of sp³-hybridized carbons (Fsp3) is 0.778. The van der Waals surface area contributed by atoms with Crippen molar-refractivity contribution in [1.29, 1.82) is 0 Å². The van der Waals surface area contributed by atoms with Crippen molar-refractivity contribution >= 4 is 107 Å². The first-order valence-electron chi connectivity index (χ1n) is 31.5. The fourth-order valence-corrected chi connectivity index (χ4v) is 10.9. The Morgan fingerprint density at radius 2 is 0.892 bits per heavy atom.